The molecule has 0 bridgehead atoms. The van der Waals surface area contributed by atoms with Crippen molar-refractivity contribution >= 4 is 11.6 Å². The summed E-state index contributed by atoms with van der Waals surface area (Å²) in [7, 11) is 1.61. The molecule has 1 unspecified atom stereocenters. The molecule has 21 heavy (non-hydrogen) atoms. The van der Waals surface area contributed by atoms with E-state index in [4.69, 9.17) is 16.3 Å². The summed E-state index contributed by atoms with van der Waals surface area (Å²) >= 11 is 6.45. The first-order valence-corrected chi connectivity index (χ1v) is 7.68. The maximum absolute atomic E-state index is 12.7. The molecule has 0 heterocycles. The summed E-state index contributed by atoms with van der Waals surface area (Å²) in [5.41, 5.74) is 1.01. The van der Waals surface area contributed by atoms with Crippen LogP contribution in [0.3, 0.4) is 0 Å². The maximum atomic E-state index is 12.7. The molecule has 0 radical (unpaired) electrons. The van der Waals surface area contributed by atoms with Crippen molar-refractivity contribution in [3.8, 4) is 5.75 Å². The van der Waals surface area contributed by atoms with E-state index in [1.165, 1.54) is 0 Å². The Kier molecular flexibility index (Phi) is 5.42. The van der Waals surface area contributed by atoms with Crippen LogP contribution in [-0.4, -0.2) is 18.7 Å². The second-order valence-corrected chi connectivity index (χ2v) is 6.25. The van der Waals surface area contributed by atoms with Gasteiger partial charge in [-0.15, -0.1) is 11.6 Å². The van der Waals surface area contributed by atoms with Gasteiger partial charge in [0.2, 0.25) is 0 Å². The van der Waals surface area contributed by atoms with E-state index in [0.717, 1.165) is 11.3 Å². The number of benzene rings is 1. The van der Waals surface area contributed by atoms with Gasteiger partial charge < -0.3 is 4.74 Å². The van der Waals surface area contributed by atoms with Gasteiger partial charge in [0.25, 0.3) is 0 Å². The average molecular weight is 321 g/mol. The third-order valence-corrected chi connectivity index (χ3v) is 4.86. The van der Waals surface area contributed by atoms with Crippen LogP contribution in [0.2, 0.25) is 0 Å². The van der Waals surface area contributed by atoms with Crippen LogP contribution in [0.15, 0.2) is 24.3 Å². The monoisotopic (exact) mass is 320 g/mol. The smallest absolute Gasteiger partial charge is 0.391 e. The lowest BCUT2D eigenvalue weighted by Crippen LogP contribution is -2.31. The van der Waals surface area contributed by atoms with Crippen LogP contribution in [0.1, 0.15) is 31.2 Å². The Labute approximate surface area is 128 Å². The predicted molar refractivity (Wildman–Crippen MR) is 77.8 cm³/mol. The van der Waals surface area contributed by atoms with Crippen molar-refractivity contribution in [3.63, 3.8) is 0 Å². The summed E-state index contributed by atoms with van der Waals surface area (Å²) in [5, 5.41) is -0.143. The highest BCUT2D eigenvalue weighted by molar-refractivity contribution is 6.20. The molecular formula is C16H20ClF3O. The van der Waals surface area contributed by atoms with E-state index < -0.39 is 12.1 Å². The fraction of sp³-hybridized carbons (Fsp3) is 0.625. The number of alkyl halides is 4. The Morgan fingerprint density at radius 1 is 1.19 bits per heavy atom. The van der Waals surface area contributed by atoms with E-state index in [-0.39, 0.29) is 24.1 Å². The topological polar surface area (TPSA) is 9.23 Å². The first-order valence-electron chi connectivity index (χ1n) is 7.24. The maximum Gasteiger partial charge on any atom is 0.391 e. The molecule has 1 aliphatic carbocycles. The van der Waals surface area contributed by atoms with Crippen LogP contribution in [0.5, 0.6) is 5.75 Å². The van der Waals surface area contributed by atoms with E-state index in [1.54, 1.807) is 7.11 Å². The Morgan fingerprint density at radius 3 is 2.38 bits per heavy atom. The Bertz CT molecular complexity index is 453. The summed E-state index contributed by atoms with van der Waals surface area (Å²) < 4.78 is 43.3. The number of rotatable bonds is 4. The third-order valence-electron chi connectivity index (χ3n) is 4.35. The van der Waals surface area contributed by atoms with E-state index in [1.807, 2.05) is 24.3 Å². The summed E-state index contributed by atoms with van der Waals surface area (Å²) in [6, 6.07) is 7.64. The van der Waals surface area contributed by atoms with Crippen LogP contribution >= 0.6 is 11.6 Å². The molecule has 0 aromatic heterocycles. The van der Waals surface area contributed by atoms with Gasteiger partial charge in [0, 0.05) is 5.38 Å². The number of methoxy groups -OCH3 is 1. The minimum atomic E-state index is -4.06. The van der Waals surface area contributed by atoms with Crippen LogP contribution < -0.4 is 4.74 Å². The lowest BCUT2D eigenvalue weighted by molar-refractivity contribution is -0.183. The quantitative estimate of drug-likeness (QED) is 0.692. The molecule has 1 nitrogen and oxygen atoms in total. The van der Waals surface area contributed by atoms with Crippen molar-refractivity contribution < 1.29 is 17.9 Å². The molecule has 1 aromatic rings. The number of para-hydroxylation sites is 1. The molecule has 1 atom stereocenters. The van der Waals surface area contributed by atoms with E-state index >= 15 is 0 Å². The van der Waals surface area contributed by atoms with Gasteiger partial charge in [-0.3, -0.25) is 0 Å². The first-order chi connectivity index (χ1) is 9.91. The molecule has 1 saturated carbocycles. The molecule has 0 N–H and O–H groups in total. The van der Waals surface area contributed by atoms with Crippen LogP contribution in [0.25, 0.3) is 0 Å². The molecule has 5 heteroatoms. The van der Waals surface area contributed by atoms with Crippen molar-refractivity contribution in [3.05, 3.63) is 29.8 Å². The molecule has 1 fully saturated rings. The summed E-state index contributed by atoms with van der Waals surface area (Å²) in [4.78, 5) is 0. The van der Waals surface area contributed by atoms with Crippen LogP contribution in [0.4, 0.5) is 13.2 Å². The fourth-order valence-electron chi connectivity index (χ4n) is 3.06. The number of hydrogen-bond acceptors (Lipinski definition) is 1. The largest absolute Gasteiger partial charge is 0.496 e. The SMILES string of the molecule is COc1ccccc1CC(Cl)C1CCC(C(F)(F)F)CC1. The molecule has 0 spiro atoms. The van der Waals surface area contributed by atoms with Crippen molar-refractivity contribution in [2.45, 2.75) is 43.7 Å². The van der Waals surface area contributed by atoms with Crippen molar-refractivity contribution in [2.75, 3.05) is 7.11 Å². The Balaban J connectivity index is 1.92. The molecule has 1 aliphatic rings. The van der Waals surface area contributed by atoms with Gasteiger partial charge in [-0.2, -0.15) is 13.2 Å². The molecule has 1 aromatic carbocycles. The summed E-state index contributed by atoms with van der Waals surface area (Å²) in [5.74, 6) is -0.216. The summed E-state index contributed by atoms with van der Waals surface area (Å²) in [6.07, 6.45) is -1.93. The van der Waals surface area contributed by atoms with E-state index in [2.05, 4.69) is 0 Å². The standard InChI is InChI=1S/C16H20ClF3O/c1-21-15-5-3-2-4-12(15)10-14(17)11-6-8-13(9-7-11)16(18,19)20/h2-5,11,13-14H,6-10H2,1H3. The molecule has 0 aliphatic heterocycles. The second-order valence-electron chi connectivity index (χ2n) is 5.69. The molecule has 118 valence electrons. The van der Waals surface area contributed by atoms with E-state index in [9.17, 15) is 13.2 Å². The van der Waals surface area contributed by atoms with Gasteiger partial charge in [0.15, 0.2) is 0 Å². The van der Waals surface area contributed by atoms with Crippen molar-refractivity contribution in [1.82, 2.24) is 0 Å². The van der Waals surface area contributed by atoms with Gasteiger partial charge in [-0.1, -0.05) is 18.2 Å². The number of halogens is 4. The second kappa shape index (κ2) is 6.91. The van der Waals surface area contributed by atoms with Gasteiger partial charge in [-0.05, 0) is 49.7 Å². The molecule has 0 amide bonds. The van der Waals surface area contributed by atoms with Gasteiger partial charge in [0.1, 0.15) is 5.75 Å². The first kappa shape index (κ1) is 16.5. The minimum Gasteiger partial charge on any atom is -0.496 e. The van der Waals surface area contributed by atoms with Gasteiger partial charge in [-0.25, -0.2) is 0 Å². The van der Waals surface area contributed by atoms with E-state index in [0.29, 0.717) is 19.3 Å². The lowest BCUT2D eigenvalue weighted by Gasteiger charge is -2.32. The number of hydrogen-bond donors (Lipinski definition) is 0. The minimum absolute atomic E-state index is 0.143. The van der Waals surface area contributed by atoms with Gasteiger partial charge >= 0.3 is 6.18 Å². The Hall–Kier alpha value is -0.900. The highest BCUT2D eigenvalue weighted by atomic mass is 35.5. The number of ether oxygens (including phenoxy) is 1. The lowest BCUT2D eigenvalue weighted by atomic mass is 9.79. The van der Waals surface area contributed by atoms with Crippen LogP contribution in [-0.2, 0) is 6.42 Å². The third kappa shape index (κ3) is 4.29. The van der Waals surface area contributed by atoms with Crippen molar-refractivity contribution in [1.29, 1.82) is 0 Å². The Morgan fingerprint density at radius 2 is 1.81 bits per heavy atom. The van der Waals surface area contributed by atoms with Crippen molar-refractivity contribution in [2.24, 2.45) is 11.8 Å². The van der Waals surface area contributed by atoms with Crippen LogP contribution in [0, 0.1) is 11.8 Å². The zero-order chi connectivity index (χ0) is 15.5. The highest BCUT2D eigenvalue weighted by Crippen LogP contribution is 2.42. The molecule has 0 saturated heterocycles. The predicted octanol–water partition coefficient (Wildman–Crippen LogP) is 5.21. The molecular weight excluding hydrogens is 301 g/mol. The van der Waals surface area contributed by atoms with Gasteiger partial charge in [0.05, 0.1) is 13.0 Å². The zero-order valence-electron chi connectivity index (χ0n) is 12.0. The summed E-state index contributed by atoms with van der Waals surface area (Å²) in [6.45, 7) is 0. The highest BCUT2D eigenvalue weighted by Gasteiger charge is 2.42. The zero-order valence-corrected chi connectivity index (χ0v) is 12.8. The normalized spacial score (nSPS) is 24.6. The average Bonchev–Trinajstić information content (AvgIpc) is 2.47. The molecule has 2 rings (SSSR count). The fourth-order valence-corrected chi connectivity index (χ4v) is 3.47.